The zero-order valence-electron chi connectivity index (χ0n) is 11.1. The fourth-order valence-corrected chi connectivity index (χ4v) is 3.58. The molecule has 0 aromatic carbocycles. The Kier molecular flexibility index (Phi) is 3.25. The lowest BCUT2D eigenvalue weighted by Gasteiger charge is -2.22. The number of hydrogen-bond donors (Lipinski definition) is 1. The second-order valence-electron chi connectivity index (χ2n) is 5.12. The van der Waals surface area contributed by atoms with Gasteiger partial charge in [-0.1, -0.05) is 9.61 Å². The van der Waals surface area contributed by atoms with Crippen LogP contribution in [0.2, 0.25) is 0 Å². The Bertz CT molecular complexity index is 650. The summed E-state index contributed by atoms with van der Waals surface area (Å²) < 4.78 is 1.48. The third kappa shape index (κ3) is 2.43. The van der Waals surface area contributed by atoms with Gasteiger partial charge in [0.1, 0.15) is 6.20 Å². The molecule has 0 bridgehead atoms. The fraction of sp³-hybridized carbons (Fsp3) is 0.500. The molecule has 1 aliphatic heterocycles. The molecule has 0 aliphatic carbocycles. The van der Waals surface area contributed by atoms with Gasteiger partial charge in [-0.2, -0.15) is 11.8 Å². The second kappa shape index (κ2) is 4.93. The molecule has 1 saturated heterocycles. The monoisotopic (exact) mass is 293 g/mol. The van der Waals surface area contributed by atoms with E-state index in [4.69, 9.17) is 0 Å². The first-order valence-corrected chi connectivity index (χ1v) is 7.43. The molecule has 20 heavy (non-hydrogen) atoms. The molecule has 3 rings (SSSR count). The SMILES string of the molecule is CC1(CNc2ccc3ncc([N+](=O)[O-])n3n2)CCCS1. The van der Waals surface area contributed by atoms with Crippen LogP contribution in [0.25, 0.3) is 5.65 Å². The number of rotatable bonds is 4. The van der Waals surface area contributed by atoms with Crippen molar-refractivity contribution in [3.05, 3.63) is 28.4 Å². The van der Waals surface area contributed by atoms with Gasteiger partial charge in [0.25, 0.3) is 0 Å². The van der Waals surface area contributed by atoms with Gasteiger partial charge >= 0.3 is 5.82 Å². The smallest absolute Gasteiger partial charge is 0.366 e. The molecule has 106 valence electrons. The van der Waals surface area contributed by atoms with Gasteiger partial charge < -0.3 is 15.4 Å². The van der Waals surface area contributed by atoms with Crippen molar-refractivity contribution in [2.24, 2.45) is 0 Å². The molecule has 3 heterocycles. The van der Waals surface area contributed by atoms with Gasteiger partial charge in [-0.25, -0.2) is 4.98 Å². The molecule has 1 fully saturated rings. The highest BCUT2D eigenvalue weighted by molar-refractivity contribution is 8.00. The van der Waals surface area contributed by atoms with Gasteiger partial charge in [0, 0.05) is 17.4 Å². The van der Waals surface area contributed by atoms with Gasteiger partial charge in [0.2, 0.25) is 5.65 Å². The maximum Gasteiger partial charge on any atom is 0.368 e. The van der Waals surface area contributed by atoms with Crippen molar-refractivity contribution < 1.29 is 4.92 Å². The Balaban J connectivity index is 1.81. The van der Waals surface area contributed by atoms with E-state index in [1.54, 1.807) is 12.1 Å². The Morgan fingerprint density at radius 2 is 2.45 bits per heavy atom. The van der Waals surface area contributed by atoms with Crippen molar-refractivity contribution in [3.8, 4) is 0 Å². The van der Waals surface area contributed by atoms with Crippen molar-refractivity contribution in [2.45, 2.75) is 24.5 Å². The number of thioether (sulfide) groups is 1. The van der Waals surface area contributed by atoms with Crippen LogP contribution >= 0.6 is 11.8 Å². The summed E-state index contributed by atoms with van der Waals surface area (Å²) in [6.07, 6.45) is 3.64. The fourth-order valence-electron chi connectivity index (χ4n) is 2.33. The van der Waals surface area contributed by atoms with Gasteiger partial charge in [-0.15, -0.1) is 0 Å². The minimum Gasteiger partial charge on any atom is -0.366 e. The van der Waals surface area contributed by atoms with E-state index in [1.165, 1.54) is 29.3 Å². The normalized spacial score (nSPS) is 22.2. The molecule has 2 aromatic heterocycles. The number of fused-ring (bicyclic) bond motifs is 1. The van der Waals surface area contributed by atoms with E-state index in [1.807, 2.05) is 11.8 Å². The first-order valence-electron chi connectivity index (χ1n) is 6.44. The third-order valence-electron chi connectivity index (χ3n) is 3.48. The van der Waals surface area contributed by atoms with E-state index in [9.17, 15) is 10.1 Å². The van der Waals surface area contributed by atoms with Crippen molar-refractivity contribution in [1.82, 2.24) is 14.6 Å². The molecule has 1 atom stereocenters. The standard InChI is InChI=1S/C12H15N5O2S/c1-12(5-2-6-20-12)8-14-9-3-4-10-13-7-11(17(18)19)16(10)15-9/h3-4,7H,2,5-6,8H2,1H3,(H,14,15). The van der Waals surface area contributed by atoms with Gasteiger partial charge in [0.15, 0.2) is 5.82 Å². The molecule has 1 unspecified atom stereocenters. The van der Waals surface area contributed by atoms with Gasteiger partial charge in [0.05, 0.1) is 0 Å². The molecule has 1 aliphatic rings. The first-order chi connectivity index (χ1) is 9.57. The summed E-state index contributed by atoms with van der Waals surface area (Å²) in [6, 6.07) is 3.53. The van der Waals surface area contributed by atoms with Crippen LogP contribution in [0.3, 0.4) is 0 Å². The minimum absolute atomic E-state index is 0.120. The number of anilines is 1. The Morgan fingerprint density at radius 1 is 1.60 bits per heavy atom. The van der Waals surface area contributed by atoms with Crippen molar-refractivity contribution in [3.63, 3.8) is 0 Å². The Morgan fingerprint density at radius 3 is 3.15 bits per heavy atom. The Hall–Kier alpha value is -1.83. The predicted molar refractivity (Wildman–Crippen MR) is 78.2 cm³/mol. The van der Waals surface area contributed by atoms with Crippen LogP contribution in [0.4, 0.5) is 11.6 Å². The molecule has 2 aromatic rings. The van der Waals surface area contributed by atoms with Gasteiger partial charge in [-0.05, 0) is 36.5 Å². The van der Waals surface area contributed by atoms with Crippen LogP contribution in [0.1, 0.15) is 19.8 Å². The highest BCUT2D eigenvalue weighted by atomic mass is 32.2. The lowest BCUT2D eigenvalue weighted by Crippen LogP contribution is -2.27. The third-order valence-corrected chi connectivity index (χ3v) is 5.01. The molecule has 0 radical (unpaired) electrons. The van der Waals surface area contributed by atoms with Crippen molar-refractivity contribution >= 4 is 29.0 Å². The first kappa shape index (κ1) is 13.2. The van der Waals surface area contributed by atoms with Gasteiger partial charge in [-0.3, -0.25) is 0 Å². The molecular weight excluding hydrogens is 278 g/mol. The summed E-state index contributed by atoms with van der Waals surface area (Å²) in [4.78, 5) is 14.4. The van der Waals surface area contributed by atoms with E-state index >= 15 is 0 Å². The maximum atomic E-state index is 10.9. The van der Waals surface area contributed by atoms with Crippen molar-refractivity contribution in [2.75, 3.05) is 17.6 Å². The molecule has 1 N–H and O–H groups in total. The van der Waals surface area contributed by atoms with Crippen LogP contribution < -0.4 is 5.32 Å². The van der Waals surface area contributed by atoms with E-state index < -0.39 is 4.92 Å². The molecule has 0 spiro atoms. The lowest BCUT2D eigenvalue weighted by molar-refractivity contribution is -0.391. The highest BCUT2D eigenvalue weighted by Crippen LogP contribution is 2.37. The average Bonchev–Trinajstić information content (AvgIpc) is 3.02. The quantitative estimate of drug-likeness (QED) is 0.688. The number of nitrogens with zero attached hydrogens (tertiary/aromatic N) is 4. The summed E-state index contributed by atoms with van der Waals surface area (Å²) in [5, 5.41) is 18.4. The van der Waals surface area contributed by atoms with Crippen LogP contribution in [-0.4, -0.2) is 36.6 Å². The maximum absolute atomic E-state index is 10.9. The molecule has 0 saturated carbocycles. The topological polar surface area (TPSA) is 85.4 Å². The number of nitro groups is 1. The molecule has 8 heteroatoms. The highest BCUT2D eigenvalue weighted by Gasteiger charge is 2.29. The summed E-state index contributed by atoms with van der Waals surface area (Å²) in [5.74, 6) is 1.70. The number of imidazole rings is 1. The number of nitrogens with one attached hydrogen (secondary N) is 1. The molecule has 0 amide bonds. The van der Waals surface area contributed by atoms with E-state index in [-0.39, 0.29) is 10.6 Å². The average molecular weight is 293 g/mol. The number of hydrogen-bond acceptors (Lipinski definition) is 6. The number of aromatic nitrogens is 3. The predicted octanol–water partition coefficient (Wildman–Crippen LogP) is 2.34. The summed E-state index contributed by atoms with van der Waals surface area (Å²) >= 11 is 1.96. The largest absolute Gasteiger partial charge is 0.368 e. The van der Waals surface area contributed by atoms with Crippen LogP contribution in [0.5, 0.6) is 0 Å². The minimum atomic E-state index is -0.481. The van der Waals surface area contributed by atoms with E-state index in [0.717, 1.165) is 6.54 Å². The Labute approximate surface area is 119 Å². The van der Waals surface area contributed by atoms with Crippen molar-refractivity contribution in [1.29, 1.82) is 0 Å². The summed E-state index contributed by atoms with van der Waals surface area (Å²) in [5.41, 5.74) is 0.476. The summed E-state index contributed by atoms with van der Waals surface area (Å²) in [6.45, 7) is 3.04. The zero-order valence-corrected chi connectivity index (χ0v) is 11.9. The zero-order chi connectivity index (χ0) is 14.2. The lowest BCUT2D eigenvalue weighted by atomic mass is 10.1. The second-order valence-corrected chi connectivity index (χ2v) is 6.80. The molecule has 7 nitrogen and oxygen atoms in total. The molecular formula is C12H15N5O2S. The van der Waals surface area contributed by atoms with E-state index in [0.29, 0.717) is 11.5 Å². The van der Waals surface area contributed by atoms with Crippen LogP contribution in [0, 0.1) is 10.1 Å². The van der Waals surface area contributed by atoms with Crippen LogP contribution in [-0.2, 0) is 0 Å². The van der Waals surface area contributed by atoms with E-state index in [2.05, 4.69) is 22.3 Å². The summed E-state index contributed by atoms with van der Waals surface area (Å²) in [7, 11) is 0. The van der Waals surface area contributed by atoms with Crippen LogP contribution in [0.15, 0.2) is 18.3 Å².